The minimum absolute atomic E-state index is 0.406. The fourth-order valence-electron chi connectivity index (χ4n) is 3.59. The van der Waals surface area contributed by atoms with E-state index in [1.54, 1.807) is 0 Å². The Hall–Kier alpha value is -0.410. The lowest BCUT2D eigenvalue weighted by atomic mass is 9.73. The molecule has 0 spiro atoms. The number of hydrogen-bond donors (Lipinski definition) is 1. The lowest BCUT2D eigenvalue weighted by molar-refractivity contribution is 0.175. The predicted octanol–water partition coefficient (Wildman–Crippen LogP) is 4.57. The SMILES string of the molecule is CCNC(c1ccc(Br)cn1)C1CC(C)CC(C)C1. The fraction of sp³-hybridized carbons (Fsp3) is 0.688. The molecule has 0 bridgehead atoms. The summed E-state index contributed by atoms with van der Waals surface area (Å²) in [6.45, 7) is 7.96. The van der Waals surface area contributed by atoms with Crippen molar-refractivity contribution >= 4 is 15.9 Å². The summed E-state index contributed by atoms with van der Waals surface area (Å²) in [7, 11) is 0. The van der Waals surface area contributed by atoms with Crippen LogP contribution in [0.3, 0.4) is 0 Å². The van der Waals surface area contributed by atoms with Gasteiger partial charge in [0.25, 0.3) is 0 Å². The van der Waals surface area contributed by atoms with Crippen LogP contribution in [-0.2, 0) is 0 Å². The molecule has 1 aliphatic carbocycles. The summed E-state index contributed by atoms with van der Waals surface area (Å²) in [6, 6.07) is 4.66. The second kappa shape index (κ2) is 6.85. The zero-order valence-electron chi connectivity index (χ0n) is 12.2. The van der Waals surface area contributed by atoms with Crippen molar-refractivity contribution < 1.29 is 0 Å². The van der Waals surface area contributed by atoms with Crippen LogP contribution in [-0.4, -0.2) is 11.5 Å². The Morgan fingerprint density at radius 1 is 1.26 bits per heavy atom. The number of halogens is 1. The van der Waals surface area contributed by atoms with Crippen LogP contribution in [0.2, 0.25) is 0 Å². The normalized spacial score (nSPS) is 29.2. The maximum absolute atomic E-state index is 4.61. The number of hydrogen-bond acceptors (Lipinski definition) is 2. The zero-order valence-corrected chi connectivity index (χ0v) is 13.8. The van der Waals surface area contributed by atoms with Crippen molar-refractivity contribution in [3.63, 3.8) is 0 Å². The third kappa shape index (κ3) is 4.03. The van der Waals surface area contributed by atoms with Crippen LogP contribution >= 0.6 is 15.9 Å². The lowest BCUT2D eigenvalue weighted by Gasteiger charge is -2.36. The van der Waals surface area contributed by atoms with Gasteiger partial charge in [-0.2, -0.15) is 0 Å². The van der Waals surface area contributed by atoms with Crippen molar-refractivity contribution in [3.8, 4) is 0 Å². The van der Waals surface area contributed by atoms with Crippen molar-refractivity contribution in [3.05, 3.63) is 28.5 Å². The van der Waals surface area contributed by atoms with Crippen LogP contribution in [0.15, 0.2) is 22.8 Å². The van der Waals surface area contributed by atoms with Gasteiger partial charge < -0.3 is 5.32 Å². The topological polar surface area (TPSA) is 24.9 Å². The maximum atomic E-state index is 4.61. The molecule has 1 N–H and O–H groups in total. The number of nitrogens with zero attached hydrogens (tertiary/aromatic N) is 1. The van der Waals surface area contributed by atoms with Gasteiger partial charge in [-0.15, -0.1) is 0 Å². The molecule has 0 saturated heterocycles. The number of nitrogens with one attached hydrogen (secondary N) is 1. The molecule has 3 unspecified atom stereocenters. The smallest absolute Gasteiger partial charge is 0.0576 e. The third-order valence-corrected chi connectivity index (χ3v) is 4.65. The Labute approximate surface area is 125 Å². The largest absolute Gasteiger partial charge is 0.309 e. The first-order valence-electron chi connectivity index (χ1n) is 7.45. The van der Waals surface area contributed by atoms with Gasteiger partial charge in [-0.3, -0.25) is 4.98 Å². The Morgan fingerprint density at radius 3 is 2.47 bits per heavy atom. The van der Waals surface area contributed by atoms with Crippen LogP contribution in [0, 0.1) is 17.8 Å². The average molecular weight is 325 g/mol. The molecule has 0 radical (unpaired) electrons. The van der Waals surface area contributed by atoms with Crippen LogP contribution in [0.1, 0.15) is 51.8 Å². The summed E-state index contributed by atoms with van der Waals surface area (Å²) >= 11 is 3.47. The molecule has 0 aromatic carbocycles. The van der Waals surface area contributed by atoms with E-state index >= 15 is 0 Å². The summed E-state index contributed by atoms with van der Waals surface area (Å²) in [6.07, 6.45) is 5.93. The van der Waals surface area contributed by atoms with Crippen molar-refractivity contribution in [2.75, 3.05) is 6.54 Å². The van der Waals surface area contributed by atoms with Gasteiger partial charge >= 0.3 is 0 Å². The van der Waals surface area contributed by atoms with Crippen LogP contribution < -0.4 is 5.32 Å². The Morgan fingerprint density at radius 2 is 1.95 bits per heavy atom. The first-order valence-corrected chi connectivity index (χ1v) is 8.24. The highest BCUT2D eigenvalue weighted by atomic mass is 79.9. The number of rotatable bonds is 4. The molecule has 1 aliphatic rings. The van der Waals surface area contributed by atoms with Gasteiger partial charge in [0, 0.05) is 10.7 Å². The third-order valence-electron chi connectivity index (χ3n) is 4.18. The summed E-state index contributed by atoms with van der Waals surface area (Å²) < 4.78 is 1.05. The zero-order chi connectivity index (χ0) is 13.8. The van der Waals surface area contributed by atoms with Crippen molar-refractivity contribution in [2.24, 2.45) is 17.8 Å². The molecule has 3 heteroatoms. The van der Waals surface area contributed by atoms with E-state index in [0.717, 1.165) is 22.9 Å². The molecule has 1 fully saturated rings. The highest BCUT2D eigenvalue weighted by molar-refractivity contribution is 9.10. The highest BCUT2D eigenvalue weighted by Crippen LogP contribution is 2.39. The van der Waals surface area contributed by atoms with Crippen molar-refractivity contribution in [1.82, 2.24) is 10.3 Å². The van der Waals surface area contributed by atoms with E-state index in [-0.39, 0.29) is 0 Å². The molecule has 0 amide bonds. The van der Waals surface area contributed by atoms with Gasteiger partial charge in [-0.25, -0.2) is 0 Å². The van der Waals surface area contributed by atoms with Gasteiger partial charge in [0.2, 0.25) is 0 Å². The van der Waals surface area contributed by atoms with Gasteiger partial charge in [-0.1, -0.05) is 20.8 Å². The summed E-state index contributed by atoms with van der Waals surface area (Å²) in [4.78, 5) is 4.61. The minimum Gasteiger partial charge on any atom is -0.309 e. The van der Waals surface area contributed by atoms with Gasteiger partial charge in [0.05, 0.1) is 11.7 Å². The summed E-state index contributed by atoms with van der Waals surface area (Å²) in [5.74, 6) is 2.39. The average Bonchev–Trinajstić information content (AvgIpc) is 2.36. The maximum Gasteiger partial charge on any atom is 0.0576 e. The molecule has 1 aromatic heterocycles. The Balaban J connectivity index is 2.16. The summed E-state index contributed by atoms with van der Waals surface area (Å²) in [5, 5.41) is 3.65. The van der Waals surface area contributed by atoms with Gasteiger partial charge in [0.15, 0.2) is 0 Å². The molecule has 19 heavy (non-hydrogen) atoms. The fourth-order valence-corrected chi connectivity index (χ4v) is 3.82. The van der Waals surface area contributed by atoms with E-state index in [2.05, 4.69) is 59.1 Å². The number of pyridine rings is 1. The first kappa shape index (κ1) is 15.0. The number of aromatic nitrogens is 1. The van der Waals surface area contributed by atoms with Crippen molar-refractivity contribution in [1.29, 1.82) is 0 Å². The molecular formula is C16H25BrN2. The Kier molecular flexibility index (Phi) is 5.40. The lowest BCUT2D eigenvalue weighted by Crippen LogP contribution is -2.33. The first-order chi connectivity index (χ1) is 9.10. The van der Waals surface area contributed by atoms with E-state index in [1.165, 1.54) is 25.0 Å². The van der Waals surface area contributed by atoms with Crippen LogP contribution in [0.4, 0.5) is 0 Å². The highest BCUT2D eigenvalue weighted by Gasteiger charge is 2.31. The molecule has 2 rings (SSSR count). The van der Waals surface area contributed by atoms with E-state index in [1.807, 2.05) is 6.20 Å². The molecule has 0 aliphatic heterocycles. The monoisotopic (exact) mass is 324 g/mol. The second-order valence-electron chi connectivity index (χ2n) is 6.11. The van der Waals surface area contributed by atoms with Crippen LogP contribution in [0.5, 0.6) is 0 Å². The minimum atomic E-state index is 0.406. The van der Waals surface area contributed by atoms with E-state index < -0.39 is 0 Å². The standard InChI is InChI=1S/C16H25BrN2/c1-4-18-16(15-6-5-14(17)10-19-15)13-8-11(2)7-12(3)9-13/h5-6,10-13,16,18H,4,7-9H2,1-3H3. The molecule has 1 aromatic rings. The van der Waals surface area contributed by atoms with Gasteiger partial charge in [0.1, 0.15) is 0 Å². The molecule has 1 saturated carbocycles. The van der Waals surface area contributed by atoms with Crippen molar-refractivity contribution in [2.45, 2.75) is 46.1 Å². The second-order valence-corrected chi connectivity index (χ2v) is 7.03. The molecule has 1 heterocycles. The molecule has 2 nitrogen and oxygen atoms in total. The Bertz CT molecular complexity index is 380. The van der Waals surface area contributed by atoms with E-state index in [9.17, 15) is 0 Å². The van der Waals surface area contributed by atoms with E-state index in [0.29, 0.717) is 12.0 Å². The quantitative estimate of drug-likeness (QED) is 0.877. The van der Waals surface area contributed by atoms with Gasteiger partial charge in [-0.05, 0) is 71.6 Å². The molecule has 106 valence electrons. The molecular weight excluding hydrogens is 300 g/mol. The predicted molar refractivity (Wildman–Crippen MR) is 84.0 cm³/mol. The van der Waals surface area contributed by atoms with Crippen LogP contribution in [0.25, 0.3) is 0 Å². The van der Waals surface area contributed by atoms with E-state index in [4.69, 9.17) is 0 Å². The summed E-state index contributed by atoms with van der Waals surface area (Å²) in [5.41, 5.74) is 1.19. The molecule has 3 atom stereocenters.